The van der Waals surface area contributed by atoms with Gasteiger partial charge in [0.15, 0.2) is 0 Å². The van der Waals surface area contributed by atoms with E-state index in [1.54, 1.807) is 13.3 Å². The van der Waals surface area contributed by atoms with E-state index < -0.39 is 0 Å². The van der Waals surface area contributed by atoms with Crippen molar-refractivity contribution in [3.05, 3.63) is 88.9 Å². The first-order valence-corrected chi connectivity index (χ1v) is 10.5. The van der Waals surface area contributed by atoms with Crippen molar-refractivity contribution in [1.29, 1.82) is 0 Å². The molecule has 32 heavy (non-hydrogen) atoms. The van der Waals surface area contributed by atoms with Gasteiger partial charge in [0, 0.05) is 21.4 Å². The van der Waals surface area contributed by atoms with Crippen LogP contribution in [-0.2, 0) is 0 Å². The van der Waals surface area contributed by atoms with Crippen LogP contribution in [0.2, 0.25) is 0 Å². The van der Waals surface area contributed by atoms with Crippen LogP contribution in [0, 0.1) is 0 Å². The fourth-order valence-corrected chi connectivity index (χ4v) is 3.18. The Morgan fingerprint density at radius 2 is 1.34 bits per heavy atom. The summed E-state index contributed by atoms with van der Waals surface area (Å²) in [4.78, 5) is 13.3. The van der Waals surface area contributed by atoms with Crippen LogP contribution in [0.5, 0.6) is 5.75 Å². The van der Waals surface area contributed by atoms with E-state index in [9.17, 15) is 0 Å². The molecule has 0 aliphatic carbocycles. The van der Waals surface area contributed by atoms with Gasteiger partial charge in [-0.3, -0.25) is 0 Å². The molecule has 0 fully saturated rings. The van der Waals surface area contributed by atoms with Gasteiger partial charge < -0.3 is 15.4 Å². The third kappa shape index (κ3) is 5.79. The van der Waals surface area contributed by atoms with Crippen LogP contribution in [0.15, 0.2) is 88.4 Å². The summed E-state index contributed by atoms with van der Waals surface area (Å²) in [6.07, 6.45) is 1.64. The predicted octanol–water partition coefficient (Wildman–Crippen LogP) is 5.58. The van der Waals surface area contributed by atoms with Crippen LogP contribution in [0.25, 0.3) is 0 Å². The molecule has 0 aliphatic rings. The van der Waals surface area contributed by atoms with E-state index in [4.69, 9.17) is 4.74 Å². The van der Waals surface area contributed by atoms with Crippen molar-refractivity contribution in [2.24, 2.45) is 5.10 Å². The molecule has 8 nitrogen and oxygen atoms in total. The molecule has 4 rings (SSSR count). The number of nitrogens with zero attached hydrogens (tertiary/aromatic N) is 4. The second-order valence-electron chi connectivity index (χ2n) is 6.54. The van der Waals surface area contributed by atoms with Gasteiger partial charge in [0.1, 0.15) is 5.75 Å². The van der Waals surface area contributed by atoms with Crippen LogP contribution in [0.3, 0.4) is 0 Å². The van der Waals surface area contributed by atoms with Gasteiger partial charge >= 0.3 is 0 Å². The standard InChI is InChI=1S/C23H20BrN7O/c1-32-20-13-12-17(24)14-16(20)15-25-31-23-29-21(26-18-8-4-2-5-9-18)28-22(30-23)27-19-10-6-3-7-11-19/h2-15H,1H3,(H3,26,27,28,29,30,31)/b25-15-. The van der Waals surface area contributed by atoms with Gasteiger partial charge in [-0.15, -0.1) is 0 Å². The minimum absolute atomic E-state index is 0.280. The number of hydrazone groups is 1. The summed E-state index contributed by atoms with van der Waals surface area (Å²) >= 11 is 3.46. The summed E-state index contributed by atoms with van der Waals surface area (Å²) in [7, 11) is 1.61. The Labute approximate surface area is 193 Å². The highest BCUT2D eigenvalue weighted by Gasteiger charge is 2.08. The number of rotatable bonds is 8. The first-order chi connectivity index (χ1) is 15.7. The number of nitrogens with one attached hydrogen (secondary N) is 3. The van der Waals surface area contributed by atoms with Crippen LogP contribution < -0.4 is 20.8 Å². The lowest BCUT2D eigenvalue weighted by Crippen LogP contribution is -2.07. The lowest BCUT2D eigenvalue weighted by Gasteiger charge is -2.10. The summed E-state index contributed by atoms with van der Waals surface area (Å²) < 4.78 is 6.29. The predicted molar refractivity (Wildman–Crippen MR) is 131 cm³/mol. The Morgan fingerprint density at radius 1 is 0.781 bits per heavy atom. The molecule has 1 heterocycles. The third-order valence-electron chi connectivity index (χ3n) is 4.26. The summed E-state index contributed by atoms with van der Waals surface area (Å²) in [6, 6.07) is 25.0. The maximum absolute atomic E-state index is 5.37. The minimum atomic E-state index is 0.280. The number of anilines is 5. The molecule has 0 atom stereocenters. The minimum Gasteiger partial charge on any atom is -0.496 e. The van der Waals surface area contributed by atoms with Gasteiger partial charge in [-0.05, 0) is 42.5 Å². The fourth-order valence-electron chi connectivity index (χ4n) is 2.80. The Balaban J connectivity index is 1.59. The fraction of sp³-hybridized carbons (Fsp3) is 0.0435. The average Bonchev–Trinajstić information content (AvgIpc) is 2.80. The summed E-state index contributed by atoms with van der Waals surface area (Å²) in [5, 5.41) is 10.6. The first-order valence-electron chi connectivity index (χ1n) is 9.72. The lowest BCUT2D eigenvalue weighted by atomic mass is 10.2. The Morgan fingerprint density at radius 3 is 1.91 bits per heavy atom. The highest BCUT2D eigenvalue weighted by molar-refractivity contribution is 9.10. The molecule has 4 aromatic rings. The molecule has 3 N–H and O–H groups in total. The number of methoxy groups -OCH3 is 1. The second kappa shape index (κ2) is 10.4. The SMILES string of the molecule is COc1ccc(Br)cc1/C=N\Nc1nc(Nc2ccccc2)nc(Nc2ccccc2)n1. The van der Waals surface area contributed by atoms with Crippen molar-refractivity contribution < 1.29 is 4.74 Å². The normalized spacial score (nSPS) is 10.7. The van der Waals surface area contributed by atoms with Gasteiger partial charge in [0.2, 0.25) is 17.8 Å². The maximum atomic E-state index is 5.37. The van der Waals surface area contributed by atoms with Crippen molar-refractivity contribution in [1.82, 2.24) is 15.0 Å². The van der Waals surface area contributed by atoms with Crippen molar-refractivity contribution in [2.45, 2.75) is 0 Å². The van der Waals surface area contributed by atoms with E-state index in [-0.39, 0.29) is 5.95 Å². The van der Waals surface area contributed by atoms with E-state index >= 15 is 0 Å². The molecular formula is C23H20BrN7O. The van der Waals surface area contributed by atoms with Crippen LogP contribution in [-0.4, -0.2) is 28.3 Å². The molecule has 0 bridgehead atoms. The molecular weight excluding hydrogens is 470 g/mol. The molecule has 9 heteroatoms. The number of aromatic nitrogens is 3. The van der Waals surface area contributed by atoms with Gasteiger partial charge in [-0.2, -0.15) is 20.1 Å². The number of benzene rings is 3. The molecule has 1 aromatic heterocycles. The highest BCUT2D eigenvalue weighted by atomic mass is 79.9. The molecule has 0 amide bonds. The topological polar surface area (TPSA) is 96.4 Å². The average molecular weight is 490 g/mol. The molecule has 0 radical (unpaired) electrons. The van der Waals surface area contributed by atoms with E-state index in [2.05, 4.69) is 52.0 Å². The van der Waals surface area contributed by atoms with Crippen LogP contribution >= 0.6 is 15.9 Å². The number of halogens is 1. The van der Waals surface area contributed by atoms with Gasteiger partial charge in [-0.25, -0.2) is 5.43 Å². The zero-order valence-corrected chi connectivity index (χ0v) is 18.7. The highest BCUT2D eigenvalue weighted by Crippen LogP contribution is 2.22. The largest absolute Gasteiger partial charge is 0.496 e. The van der Waals surface area contributed by atoms with Crippen LogP contribution in [0.1, 0.15) is 5.56 Å². The summed E-state index contributed by atoms with van der Waals surface area (Å²) in [5.41, 5.74) is 5.39. The van der Waals surface area contributed by atoms with Crippen molar-refractivity contribution >= 4 is 51.4 Å². The molecule has 0 unspecified atom stereocenters. The van der Waals surface area contributed by atoms with Gasteiger partial charge in [0.25, 0.3) is 0 Å². The van der Waals surface area contributed by atoms with Gasteiger partial charge in [0.05, 0.1) is 13.3 Å². The van der Waals surface area contributed by atoms with Crippen molar-refractivity contribution in [3.8, 4) is 5.75 Å². The third-order valence-corrected chi connectivity index (χ3v) is 4.75. The number of hydrogen-bond acceptors (Lipinski definition) is 8. The van der Waals surface area contributed by atoms with Crippen molar-refractivity contribution in [3.63, 3.8) is 0 Å². The molecule has 0 saturated heterocycles. The summed E-state index contributed by atoms with van der Waals surface area (Å²) in [6.45, 7) is 0. The summed E-state index contributed by atoms with van der Waals surface area (Å²) in [5.74, 6) is 1.74. The Kier molecular flexibility index (Phi) is 6.88. The van der Waals surface area contributed by atoms with Crippen LogP contribution in [0.4, 0.5) is 29.2 Å². The Bertz CT molecular complexity index is 1140. The van der Waals surface area contributed by atoms with E-state index in [1.165, 1.54) is 0 Å². The molecule has 160 valence electrons. The first kappa shape index (κ1) is 21.3. The molecule has 0 saturated carbocycles. The monoisotopic (exact) mass is 489 g/mol. The quantitative estimate of drug-likeness (QED) is 0.219. The Hall–Kier alpha value is -3.98. The smallest absolute Gasteiger partial charge is 0.250 e. The molecule has 0 spiro atoms. The van der Waals surface area contributed by atoms with Gasteiger partial charge in [-0.1, -0.05) is 52.3 Å². The van der Waals surface area contributed by atoms with E-state index in [0.29, 0.717) is 17.6 Å². The second-order valence-corrected chi connectivity index (χ2v) is 7.46. The van der Waals surface area contributed by atoms with Crippen molar-refractivity contribution in [2.75, 3.05) is 23.2 Å². The zero-order chi connectivity index (χ0) is 22.2. The number of ether oxygens (including phenoxy) is 1. The lowest BCUT2D eigenvalue weighted by molar-refractivity contribution is 0.414. The maximum Gasteiger partial charge on any atom is 0.250 e. The number of para-hydroxylation sites is 2. The molecule has 3 aromatic carbocycles. The van der Waals surface area contributed by atoms with E-state index in [0.717, 1.165) is 21.4 Å². The molecule has 0 aliphatic heterocycles. The van der Waals surface area contributed by atoms with E-state index in [1.807, 2.05) is 78.9 Å². The zero-order valence-electron chi connectivity index (χ0n) is 17.2. The number of hydrogen-bond donors (Lipinski definition) is 3.